The van der Waals surface area contributed by atoms with Gasteiger partial charge in [0.2, 0.25) is 5.91 Å². The van der Waals surface area contributed by atoms with Crippen molar-refractivity contribution in [3.63, 3.8) is 0 Å². The first-order valence-corrected chi connectivity index (χ1v) is 7.41. The highest BCUT2D eigenvalue weighted by Gasteiger charge is 2.12. The predicted molar refractivity (Wildman–Crippen MR) is 84.3 cm³/mol. The normalized spacial score (nSPS) is 10.2. The summed E-state index contributed by atoms with van der Waals surface area (Å²) in [7, 11) is 0. The Labute approximate surface area is 130 Å². The van der Waals surface area contributed by atoms with Crippen LogP contribution in [-0.2, 0) is 4.79 Å². The first kappa shape index (κ1) is 15.8. The van der Waals surface area contributed by atoms with Crippen molar-refractivity contribution in [2.24, 2.45) is 0 Å². The second kappa shape index (κ2) is 6.95. The largest absolute Gasteiger partial charge is 0.326 e. The predicted octanol–water partition coefficient (Wildman–Crippen LogP) is 3.57. The summed E-state index contributed by atoms with van der Waals surface area (Å²) < 4.78 is 0. The molecule has 6 nitrogen and oxygen atoms in total. The Hall–Kier alpha value is -2.54. The monoisotopic (exact) mass is 318 g/mol. The van der Waals surface area contributed by atoms with Gasteiger partial charge in [-0.1, -0.05) is 0 Å². The van der Waals surface area contributed by atoms with Gasteiger partial charge in [-0.05, 0) is 31.2 Å². The molecule has 0 aliphatic rings. The van der Waals surface area contributed by atoms with Gasteiger partial charge in [-0.15, -0.1) is 11.3 Å². The van der Waals surface area contributed by atoms with Crippen LogP contribution in [0.25, 0.3) is 0 Å². The van der Waals surface area contributed by atoms with E-state index in [0.29, 0.717) is 10.6 Å². The number of non-ortho nitro benzene ring substituents is 1. The highest BCUT2D eigenvalue weighted by molar-refractivity contribution is 7.14. The van der Waals surface area contributed by atoms with E-state index in [1.54, 1.807) is 6.07 Å². The van der Waals surface area contributed by atoms with Crippen molar-refractivity contribution in [2.75, 3.05) is 5.32 Å². The van der Waals surface area contributed by atoms with Crippen LogP contribution in [0.15, 0.2) is 36.4 Å². The molecule has 0 unspecified atom stereocenters. The smallest absolute Gasteiger partial charge is 0.269 e. The van der Waals surface area contributed by atoms with Gasteiger partial charge >= 0.3 is 0 Å². The number of nitrogens with one attached hydrogen (secondary N) is 1. The lowest BCUT2D eigenvalue weighted by atomic mass is 10.2. The number of aryl methyl sites for hydroxylation is 1. The summed E-state index contributed by atoms with van der Waals surface area (Å²) in [6.07, 6.45) is 0.214. The van der Waals surface area contributed by atoms with Gasteiger partial charge in [0, 0.05) is 35.5 Å². The van der Waals surface area contributed by atoms with Crippen molar-refractivity contribution in [3.8, 4) is 0 Å². The molecule has 0 atom stereocenters. The Morgan fingerprint density at radius 2 is 1.82 bits per heavy atom. The molecule has 1 N–H and O–H groups in total. The summed E-state index contributed by atoms with van der Waals surface area (Å²) >= 11 is 1.41. The number of benzene rings is 1. The molecule has 0 aliphatic heterocycles. The van der Waals surface area contributed by atoms with E-state index >= 15 is 0 Å². The van der Waals surface area contributed by atoms with Gasteiger partial charge in [0.15, 0.2) is 5.78 Å². The van der Waals surface area contributed by atoms with Crippen LogP contribution < -0.4 is 5.32 Å². The zero-order valence-electron chi connectivity index (χ0n) is 11.9. The van der Waals surface area contributed by atoms with Crippen molar-refractivity contribution in [2.45, 2.75) is 19.8 Å². The summed E-state index contributed by atoms with van der Waals surface area (Å²) in [4.78, 5) is 35.4. The molecule has 0 radical (unpaired) electrons. The van der Waals surface area contributed by atoms with E-state index in [1.165, 1.54) is 35.6 Å². The van der Waals surface area contributed by atoms with Crippen LogP contribution in [0.2, 0.25) is 0 Å². The van der Waals surface area contributed by atoms with Crippen LogP contribution in [0.1, 0.15) is 27.4 Å². The maximum absolute atomic E-state index is 11.9. The molecule has 0 bridgehead atoms. The summed E-state index contributed by atoms with van der Waals surface area (Å²) in [6.45, 7) is 1.92. The molecule has 7 heteroatoms. The molecule has 1 heterocycles. The van der Waals surface area contributed by atoms with Gasteiger partial charge in [0.25, 0.3) is 5.69 Å². The van der Waals surface area contributed by atoms with Crippen LogP contribution >= 0.6 is 11.3 Å². The number of hydrogen-bond acceptors (Lipinski definition) is 5. The third kappa shape index (κ3) is 4.23. The zero-order valence-corrected chi connectivity index (χ0v) is 12.7. The molecule has 0 fully saturated rings. The van der Waals surface area contributed by atoms with Crippen LogP contribution in [0, 0.1) is 17.0 Å². The minimum Gasteiger partial charge on any atom is -0.326 e. The summed E-state index contributed by atoms with van der Waals surface area (Å²) in [6, 6.07) is 9.18. The second-order valence-corrected chi connectivity index (χ2v) is 5.97. The van der Waals surface area contributed by atoms with Crippen molar-refractivity contribution >= 4 is 34.4 Å². The van der Waals surface area contributed by atoms with E-state index in [1.807, 2.05) is 13.0 Å². The molecular weight excluding hydrogens is 304 g/mol. The van der Waals surface area contributed by atoms with Gasteiger partial charge in [-0.3, -0.25) is 19.7 Å². The Balaban J connectivity index is 1.85. The number of carbonyl (C=O) groups excluding carboxylic acids is 2. The molecule has 1 aromatic heterocycles. The van der Waals surface area contributed by atoms with Crippen LogP contribution in [0.5, 0.6) is 0 Å². The third-order valence-electron chi connectivity index (χ3n) is 2.96. The van der Waals surface area contributed by atoms with Crippen molar-refractivity contribution in [1.82, 2.24) is 0 Å². The van der Waals surface area contributed by atoms with E-state index in [-0.39, 0.29) is 30.2 Å². The number of rotatable bonds is 6. The summed E-state index contributed by atoms with van der Waals surface area (Å²) in [5.74, 6) is -0.354. The highest BCUT2D eigenvalue weighted by atomic mass is 32.1. The fourth-order valence-electron chi connectivity index (χ4n) is 1.82. The van der Waals surface area contributed by atoms with E-state index in [9.17, 15) is 19.7 Å². The SMILES string of the molecule is Cc1ccc(C(=O)CCC(=O)Nc2ccc([N+](=O)[O-])cc2)s1. The molecule has 0 saturated heterocycles. The summed E-state index contributed by atoms with van der Waals surface area (Å²) in [5.41, 5.74) is 0.427. The van der Waals surface area contributed by atoms with Gasteiger partial charge in [-0.25, -0.2) is 0 Å². The fraction of sp³-hybridized carbons (Fsp3) is 0.200. The first-order valence-electron chi connectivity index (χ1n) is 6.59. The average molecular weight is 318 g/mol. The molecule has 2 aromatic rings. The minimum atomic E-state index is -0.507. The first-order chi connectivity index (χ1) is 10.5. The molecule has 2 rings (SSSR count). The highest BCUT2D eigenvalue weighted by Crippen LogP contribution is 2.18. The lowest BCUT2D eigenvalue weighted by molar-refractivity contribution is -0.384. The second-order valence-electron chi connectivity index (χ2n) is 4.69. The number of amides is 1. The Bertz CT molecular complexity index is 707. The van der Waals surface area contributed by atoms with Gasteiger partial charge in [0.1, 0.15) is 0 Å². The molecule has 0 spiro atoms. The molecule has 0 aliphatic carbocycles. The Kier molecular flexibility index (Phi) is 5.00. The maximum Gasteiger partial charge on any atom is 0.269 e. The quantitative estimate of drug-likeness (QED) is 0.501. The van der Waals surface area contributed by atoms with Gasteiger partial charge in [0.05, 0.1) is 9.80 Å². The summed E-state index contributed by atoms with van der Waals surface area (Å²) in [5, 5.41) is 13.1. The molecule has 0 saturated carbocycles. The molecule has 22 heavy (non-hydrogen) atoms. The van der Waals surface area contributed by atoms with Crippen molar-refractivity contribution in [3.05, 3.63) is 56.3 Å². The Morgan fingerprint density at radius 3 is 2.36 bits per heavy atom. The minimum absolute atomic E-state index is 0.0405. The molecule has 1 aromatic carbocycles. The van der Waals surface area contributed by atoms with Crippen LogP contribution in [0.4, 0.5) is 11.4 Å². The number of nitro benzene ring substituents is 1. The fourth-order valence-corrected chi connectivity index (χ4v) is 2.66. The van der Waals surface area contributed by atoms with Gasteiger partial charge < -0.3 is 5.32 Å². The third-order valence-corrected chi connectivity index (χ3v) is 4.00. The lowest BCUT2D eigenvalue weighted by Gasteiger charge is -2.04. The van der Waals surface area contributed by atoms with Crippen molar-refractivity contribution < 1.29 is 14.5 Å². The van der Waals surface area contributed by atoms with E-state index in [2.05, 4.69) is 5.32 Å². The lowest BCUT2D eigenvalue weighted by Crippen LogP contribution is -2.13. The number of hydrogen-bond donors (Lipinski definition) is 1. The van der Waals surface area contributed by atoms with E-state index in [4.69, 9.17) is 0 Å². The Morgan fingerprint density at radius 1 is 1.14 bits per heavy atom. The van der Waals surface area contributed by atoms with Crippen LogP contribution in [0.3, 0.4) is 0 Å². The van der Waals surface area contributed by atoms with Crippen LogP contribution in [-0.4, -0.2) is 16.6 Å². The average Bonchev–Trinajstić information content (AvgIpc) is 2.92. The molecule has 1 amide bonds. The maximum atomic E-state index is 11.9. The number of nitro groups is 1. The number of thiophene rings is 1. The zero-order chi connectivity index (χ0) is 16.1. The standard InChI is InChI=1S/C15H14N2O4S/c1-10-2-8-14(22-10)13(18)7-9-15(19)16-11-3-5-12(6-4-11)17(20)21/h2-6,8H,7,9H2,1H3,(H,16,19). The topological polar surface area (TPSA) is 89.3 Å². The number of nitrogens with zero attached hydrogens (tertiary/aromatic N) is 1. The van der Waals surface area contributed by atoms with E-state index < -0.39 is 4.92 Å². The number of ketones is 1. The van der Waals surface area contributed by atoms with Gasteiger partial charge in [-0.2, -0.15) is 0 Å². The number of anilines is 1. The van der Waals surface area contributed by atoms with E-state index in [0.717, 1.165) is 4.88 Å². The number of carbonyl (C=O) groups is 2. The molecular formula is C15H14N2O4S. The van der Waals surface area contributed by atoms with Crippen molar-refractivity contribution in [1.29, 1.82) is 0 Å². The number of Topliss-reactive ketones (excluding diaryl/α,β-unsaturated/α-hetero) is 1. The molecule has 114 valence electrons.